The minimum Gasteiger partial charge on any atom is -0.451 e. The molecule has 7 nitrogen and oxygen atoms in total. The maximum Gasteiger partial charge on any atom is 0.355 e. The third-order valence-electron chi connectivity index (χ3n) is 3.37. The Kier molecular flexibility index (Phi) is 5.16. The Hall–Kier alpha value is -2.92. The van der Waals surface area contributed by atoms with Crippen molar-refractivity contribution in [3.05, 3.63) is 39.5 Å². The summed E-state index contributed by atoms with van der Waals surface area (Å²) < 4.78 is 4.97. The van der Waals surface area contributed by atoms with Crippen molar-refractivity contribution in [1.29, 1.82) is 5.26 Å². The van der Waals surface area contributed by atoms with Crippen molar-refractivity contribution >= 4 is 34.0 Å². The monoisotopic (exact) mass is 345 g/mol. The number of Topliss-reactive ketones (excluding diaryl/α,β-unsaturated/α-hetero) is 1. The van der Waals surface area contributed by atoms with E-state index in [1.807, 2.05) is 6.07 Å². The number of anilines is 1. The van der Waals surface area contributed by atoms with Gasteiger partial charge in [-0.05, 0) is 37.8 Å². The number of carbonyl (C=O) groups is 3. The van der Waals surface area contributed by atoms with Gasteiger partial charge in [0.15, 0.2) is 12.4 Å². The summed E-state index contributed by atoms with van der Waals surface area (Å²) in [6.45, 7) is 4.25. The fourth-order valence-electron chi connectivity index (χ4n) is 2.34. The van der Waals surface area contributed by atoms with Crippen LogP contribution in [-0.2, 0) is 9.53 Å². The Morgan fingerprint density at radius 2 is 2.08 bits per heavy atom. The van der Waals surface area contributed by atoms with Gasteiger partial charge in [-0.15, -0.1) is 11.3 Å². The second kappa shape index (κ2) is 7.10. The lowest BCUT2D eigenvalue weighted by Gasteiger charge is -2.05. The first kappa shape index (κ1) is 17.4. The summed E-state index contributed by atoms with van der Waals surface area (Å²) in [5.41, 5.74) is 2.02. The number of aromatic amines is 1. The van der Waals surface area contributed by atoms with Crippen molar-refractivity contribution in [2.75, 3.05) is 11.9 Å². The SMILES string of the molecule is CC(=O)c1c(C)[nH]c(C(=O)OCC(=O)Nc2sccc2C#N)c1C. The molecule has 2 N–H and O–H groups in total. The van der Waals surface area contributed by atoms with Gasteiger partial charge in [0.1, 0.15) is 16.8 Å². The number of esters is 1. The lowest BCUT2D eigenvalue weighted by molar-refractivity contribution is -0.119. The fraction of sp³-hybridized carbons (Fsp3) is 0.250. The molecule has 0 saturated carbocycles. The van der Waals surface area contributed by atoms with E-state index in [4.69, 9.17) is 10.00 Å². The zero-order valence-corrected chi connectivity index (χ0v) is 14.2. The average Bonchev–Trinajstić information content (AvgIpc) is 3.08. The predicted octanol–water partition coefficient (Wildman–Crippen LogP) is 2.56. The highest BCUT2D eigenvalue weighted by Crippen LogP contribution is 2.22. The number of nitrogens with one attached hydrogen (secondary N) is 2. The van der Waals surface area contributed by atoms with E-state index in [1.54, 1.807) is 25.3 Å². The number of ketones is 1. The maximum atomic E-state index is 12.1. The quantitative estimate of drug-likeness (QED) is 0.639. The van der Waals surface area contributed by atoms with Crippen LogP contribution in [0, 0.1) is 25.2 Å². The molecule has 2 rings (SSSR count). The van der Waals surface area contributed by atoms with Crippen LogP contribution in [0.25, 0.3) is 0 Å². The molecule has 2 heterocycles. The van der Waals surface area contributed by atoms with Crippen molar-refractivity contribution in [3.8, 4) is 6.07 Å². The second-order valence-corrected chi connectivity index (χ2v) is 6.00. The van der Waals surface area contributed by atoms with Gasteiger partial charge in [-0.3, -0.25) is 9.59 Å². The van der Waals surface area contributed by atoms with Crippen LogP contribution in [-0.4, -0.2) is 29.3 Å². The van der Waals surface area contributed by atoms with Crippen LogP contribution in [0.3, 0.4) is 0 Å². The number of ether oxygens (including phenoxy) is 1. The summed E-state index contributed by atoms with van der Waals surface area (Å²) >= 11 is 1.21. The van der Waals surface area contributed by atoms with Gasteiger partial charge in [-0.2, -0.15) is 5.26 Å². The highest BCUT2D eigenvalue weighted by molar-refractivity contribution is 7.14. The Bertz CT molecular complexity index is 857. The van der Waals surface area contributed by atoms with E-state index in [0.717, 1.165) is 0 Å². The van der Waals surface area contributed by atoms with Crippen molar-refractivity contribution < 1.29 is 19.1 Å². The summed E-state index contributed by atoms with van der Waals surface area (Å²) in [7, 11) is 0. The zero-order chi connectivity index (χ0) is 17.9. The first-order valence-corrected chi connectivity index (χ1v) is 7.87. The molecule has 0 bridgehead atoms. The molecular weight excluding hydrogens is 330 g/mol. The molecule has 2 aromatic rings. The van der Waals surface area contributed by atoms with Gasteiger partial charge in [0, 0.05) is 11.3 Å². The summed E-state index contributed by atoms with van der Waals surface area (Å²) in [6, 6.07) is 3.53. The number of H-pyrrole nitrogens is 1. The van der Waals surface area contributed by atoms with Crippen LogP contribution in [0.1, 0.15) is 44.6 Å². The van der Waals surface area contributed by atoms with Gasteiger partial charge >= 0.3 is 5.97 Å². The Morgan fingerprint density at radius 1 is 1.38 bits per heavy atom. The maximum absolute atomic E-state index is 12.1. The molecule has 8 heteroatoms. The van der Waals surface area contributed by atoms with Crippen LogP contribution < -0.4 is 5.32 Å². The van der Waals surface area contributed by atoms with Crippen molar-refractivity contribution in [2.45, 2.75) is 20.8 Å². The second-order valence-electron chi connectivity index (χ2n) is 5.08. The zero-order valence-electron chi connectivity index (χ0n) is 13.4. The number of carbonyl (C=O) groups excluding carboxylic acids is 3. The topological polar surface area (TPSA) is 112 Å². The molecule has 0 aliphatic heterocycles. The number of hydrogen-bond acceptors (Lipinski definition) is 6. The van der Waals surface area contributed by atoms with Crippen LogP contribution in [0.15, 0.2) is 11.4 Å². The lowest BCUT2D eigenvalue weighted by Crippen LogP contribution is -2.21. The summed E-state index contributed by atoms with van der Waals surface area (Å²) in [5, 5.41) is 13.5. The number of aryl methyl sites for hydroxylation is 1. The largest absolute Gasteiger partial charge is 0.451 e. The van der Waals surface area contributed by atoms with Gasteiger partial charge < -0.3 is 15.0 Å². The molecule has 24 heavy (non-hydrogen) atoms. The van der Waals surface area contributed by atoms with Crippen molar-refractivity contribution in [2.24, 2.45) is 0 Å². The molecule has 0 aliphatic carbocycles. The Labute approximate surface area is 142 Å². The third kappa shape index (κ3) is 3.52. The molecule has 0 aromatic carbocycles. The first-order valence-electron chi connectivity index (χ1n) is 6.99. The molecule has 0 spiro atoms. The fourth-order valence-corrected chi connectivity index (χ4v) is 3.10. The number of aromatic nitrogens is 1. The van der Waals surface area contributed by atoms with E-state index in [9.17, 15) is 14.4 Å². The number of nitrogens with zero attached hydrogens (tertiary/aromatic N) is 1. The molecule has 0 unspecified atom stereocenters. The molecule has 0 saturated heterocycles. The van der Waals surface area contributed by atoms with Crippen LogP contribution >= 0.6 is 11.3 Å². The van der Waals surface area contributed by atoms with Crippen molar-refractivity contribution in [3.63, 3.8) is 0 Å². The Morgan fingerprint density at radius 3 is 2.67 bits per heavy atom. The lowest BCUT2D eigenvalue weighted by atomic mass is 10.1. The number of amides is 1. The van der Waals surface area contributed by atoms with Gasteiger partial charge in [-0.1, -0.05) is 0 Å². The average molecular weight is 345 g/mol. The Balaban J connectivity index is 2.01. The van der Waals surface area contributed by atoms with Crippen LogP contribution in [0.4, 0.5) is 5.00 Å². The number of rotatable bonds is 5. The third-order valence-corrected chi connectivity index (χ3v) is 4.20. The minimum absolute atomic E-state index is 0.152. The van der Waals surface area contributed by atoms with Gasteiger partial charge in [0.2, 0.25) is 0 Å². The van der Waals surface area contributed by atoms with Gasteiger partial charge in [0.25, 0.3) is 5.91 Å². The standard InChI is InChI=1S/C16H15N3O4S/c1-8-13(10(3)20)9(2)18-14(8)16(22)23-7-12(21)19-15-11(6-17)4-5-24-15/h4-5,18H,7H2,1-3H3,(H,19,21). The molecule has 0 aliphatic rings. The predicted molar refractivity (Wildman–Crippen MR) is 88.2 cm³/mol. The van der Waals surface area contributed by atoms with E-state index < -0.39 is 18.5 Å². The molecule has 124 valence electrons. The normalized spacial score (nSPS) is 10.1. The van der Waals surface area contributed by atoms with E-state index >= 15 is 0 Å². The van der Waals surface area contributed by atoms with Gasteiger partial charge in [-0.25, -0.2) is 4.79 Å². The summed E-state index contributed by atoms with van der Waals surface area (Å²) in [4.78, 5) is 38.3. The molecule has 0 radical (unpaired) electrons. The molecular formula is C16H15N3O4S. The number of hydrogen-bond donors (Lipinski definition) is 2. The van der Waals surface area contributed by atoms with Crippen molar-refractivity contribution in [1.82, 2.24) is 4.98 Å². The van der Waals surface area contributed by atoms with E-state index in [-0.39, 0.29) is 11.5 Å². The van der Waals surface area contributed by atoms with Gasteiger partial charge in [0.05, 0.1) is 5.56 Å². The number of thiophene rings is 1. The van der Waals surface area contributed by atoms with E-state index in [0.29, 0.717) is 27.4 Å². The summed E-state index contributed by atoms with van der Waals surface area (Å²) in [5.74, 6) is -1.42. The molecule has 0 fully saturated rings. The first-order chi connectivity index (χ1) is 11.3. The minimum atomic E-state index is -0.718. The van der Waals surface area contributed by atoms with Crippen LogP contribution in [0.2, 0.25) is 0 Å². The smallest absolute Gasteiger partial charge is 0.355 e. The highest BCUT2D eigenvalue weighted by Gasteiger charge is 2.21. The van der Waals surface area contributed by atoms with E-state index in [1.165, 1.54) is 18.3 Å². The number of nitriles is 1. The van der Waals surface area contributed by atoms with E-state index in [2.05, 4.69) is 10.3 Å². The highest BCUT2D eigenvalue weighted by atomic mass is 32.1. The molecule has 1 amide bonds. The van der Waals surface area contributed by atoms with Crippen LogP contribution in [0.5, 0.6) is 0 Å². The molecule has 0 atom stereocenters. The summed E-state index contributed by atoms with van der Waals surface area (Å²) in [6.07, 6.45) is 0. The molecule has 2 aromatic heterocycles.